The Labute approximate surface area is 121 Å². The number of aryl methyl sites for hydroxylation is 1. The Morgan fingerprint density at radius 1 is 1.25 bits per heavy atom. The molecule has 0 saturated carbocycles. The van der Waals surface area contributed by atoms with Crippen LogP contribution < -0.4 is 5.32 Å². The van der Waals surface area contributed by atoms with Crippen LogP contribution in [0.15, 0.2) is 18.2 Å². The number of hydrogen-bond donors (Lipinski definition) is 1. The fraction of sp³-hybridized carbons (Fsp3) is 0.647. The van der Waals surface area contributed by atoms with Crippen LogP contribution in [-0.2, 0) is 6.54 Å². The Morgan fingerprint density at radius 2 is 2.15 bits per heavy atom. The Hall–Kier alpha value is -0.930. The van der Waals surface area contributed by atoms with Crippen LogP contribution in [0.3, 0.4) is 0 Å². The van der Waals surface area contributed by atoms with E-state index in [2.05, 4.69) is 10.2 Å². The largest absolute Gasteiger partial charge is 0.312 e. The summed E-state index contributed by atoms with van der Waals surface area (Å²) in [4.78, 5) is 2.50. The molecule has 2 saturated heterocycles. The fourth-order valence-electron chi connectivity index (χ4n) is 3.75. The maximum atomic E-state index is 14.0. The summed E-state index contributed by atoms with van der Waals surface area (Å²) in [5.74, 6) is -0.0562. The van der Waals surface area contributed by atoms with Crippen molar-refractivity contribution in [3.63, 3.8) is 0 Å². The van der Waals surface area contributed by atoms with E-state index in [1.54, 1.807) is 6.07 Å². The van der Waals surface area contributed by atoms with Gasteiger partial charge in [-0.3, -0.25) is 4.90 Å². The van der Waals surface area contributed by atoms with E-state index >= 15 is 0 Å². The lowest BCUT2D eigenvalue weighted by Gasteiger charge is -2.39. The number of nitrogens with one attached hydrogen (secondary N) is 1. The highest BCUT2D eigenvalue weighted by Gasteiger charge is 2.31. The minimum absolute atomic E-state index is 0.0562. The maximum absolute atomic E-state index is 14.0. The van der Waals surface area contributed by atoms with Crippen LogP contribution in [0.2, 0.25) is 0 Å². The van der Waals surface area contributed by atoms with Crippen LogP contribution in [0.5, 0.6) is 0 Å². The minimum atomic E-state index is -0.0562. The van der Waals surface area contributed by atoms with E-state index in [1.165, 1.54) is 32.1 Å². The summed E-state index contributed by atoms with van der Waals surface area (Å²) in [7, 11) is 0. The number of rotatable bonds is 3. The first-order chi connectivity index (χ1) is 9.74. The molecule has 2 heterocycles. The van der Waals surface area contributed by atoms with Gasteiger partial charge in [0.1, 0.15) is 5.82 Å². The molecule has 2 unspecified atom stereocenters. The predicted octanol–water partition coefficient (Wildman–Crippen LogP) is 3.24. The van der Waals surface area contributed by atoms with Gasteiger partial charge in [-0.05, 0) is 51.8 Å². The molecule has 0 radical (unpaired) electrons. The van der Waals surface area contributed by atoms with Gasteiger partial charge in [0.15, 0.2) is 0 Å². The highest BCUT2D eigenvalue weighted by atomic mass is 19.1. The molecular weight excluding hydrogens is 251 g/mol. The SMILES string of the molecule is Cc1ccc(F)c(CN2CCCCC2C2CCCN2)c1. The number of benzene rings is 1. The monoisotopic (exact) mass is 276 g/mol. The summed E-state index contributed by atoms with van der Waals surface area (Å²) >= 11 is 0. The van der Waals surface area contributed by atoms with Crippen molar-refractivity contribution in [2.45, 2.75) is 57.7 Å². The molecule has 0 spiro atoms. The summed E-state index contributed by atoms with van der Waals surface area (Å²) < 4.78 is 14.0. The summed E-state index contributed by atoms with van der Waals surface area (Å²) in [5, 5.41) is 3.63. The van der Waals surface area contributed by atoms with E-state index in [1.807, 2.05) is 19.1 Å². The van der Waals surface area contributed by atoms with Crippen molar-refractivity contribution in [2.24, 2.45) is 0 Å². The lowest BCUT2D eigenvalue weighted by molar-refractivity contribution is 0.111. The molecule has 3 heteroatoms. The van der Waals surface area contributed by atoms with E-state index in [0.29, 0.717) is 12.1 Å². The zero-order valence-corrected chi connectivity index (χ0v) is 12.4. The number of hydrogen-bond acceptors (Lipinski definition) is 2. The second-order valence-electron chi connectivity index (χ2n) is 6.33. The van der Waals surface area contributed by atoms with Crippen molar-refractivity contribution in [2.75, 3.05) is 13.1 Å². The molecular formula is C17H25FN2. The third kappa shape index (κ3) is 3.04. The summed E-state index contributed by atoms with van der Waals surface area (Å²) in [6.07, 6.45) is 6.38. The first-order valence-corrected chi connectivity index (χ1v) is 7.96. The van der Waals surface area contributed by atoms with Gasteiger partial charge >= 0.3 is 0 Å². The van der Waals surface area contributed by atoms with Gasteiger partial charge < -0.3 is 5.32 Å². The van der Waals surface area contributed by atoms with Crippen LogP contribution in [-0.4, -0.2) is 30.1 Å². The average Bonchev–Trinajstić information content (AvgIpc) is 2.97. The molecule has 2 atom stereocenters. The molecule has 1 N–H and O–H groups in total. The van der Waals surface area contributed by atoms with Crippen molar-refractivity contribution < 1.29 is 4.39 Å². The van der Waals surface area contributed by atoms with Crippen molar-refractivity contribution in [1.82, 2.24) is 10.2 Å². The molecule has 1 aromatic carbocycles. The lowest BCUT2D eigenvalue weighted by Crippen LogP contribution is -2.49. The van der Waals surface area contributed by atoms with Crippen molar-refractivity contribution in [1.29, 1.82) is 0 Å². The molecule has 2 nitrogen and oxygen atoms in total. The number of piperidine rings is 1. The van der Waals surface area contributed by atoms with E-state index in [-0.39, 0.29) is 5.82 Å². The zero-order valence-electron chi connectivity index (χ0n) is 12.4. The quantitative estimate of drug-likeness (QED) is 0.911. The molecule has 0 bridgehead atoms. The van der Waals surface area contributed by atoms with Gasteiger partial charge in [0.25, 0.3) is 0 Å². The van der Waals surface area contributed by atoms with Crippen molar-refractivity contribution >= 4 is 0 Å². The minimum Gasteiger partial charge on any atom is -0.312 e. The average molecular weight is 276 g/mol. The molecule has 2 aliphatic heterocycles. The third-order valence-corrected chi connectivity index (χ3v) is 4.80. The van der Waals surface area contributed by atoms with Gasteiger partial charge in [0, 0.05) is 24.2 Å². The predicted molar refractivity (Wildman–Crippen MR) is 80.2 cm³/mol. The standard InChI is InChI=1S/C17H25FN2/c1-13-7-8-15(18)14(11-13)12-20-10-3-2-6-17(20)16-5-4-9-19-16/h7-8,11,16-17,19H,2-6,9-10,12H2,1H3. The summed E-state index contributed by atoms with van der Waals surface area (Å²) in [6.45, 7) is 5.05. The maximum Gasteiger partial charge on any atom is 0.127 e. The Bertz CT molecular complexity index is 454. The number of nitrogens with zero attached hydrogens (tertiary/aromatic N) is 1. The van der Waals surface area contributed by atoms with Crippen LogP contribution in [0, 0.1) is 12.7 Å². The molecule has 110 valence electrons. The van der Waals surface area contributed by atoms with E-state index in [9.17, 15) is 4.39 Å². The van der Waals surface area contributed by atoms with Crippen LogP contribution in [0.1, 0.15) is 43.2 Å². The molecule has 0 amide bonds. The molecule has 3 rings (SSSR count). The fourth-order valence-corrected chi connectivity index (χ4v) is 3.75. The molecule has 2 fully saturated rings. The molecule has 1 aromatic rings. The molecule has 0 aromatic heterocycles. The van der Waals surface area contributed by atoms with Crippen LogP contribution in [0.25, 0.3) is 0 Å². The zero-order chi connectivity index (χ0) is 13.9. The number of halogens is 1. The topological polar surface area (TPSA) is 15.3 Å². The second kappa shape index (κ2) is 6.23. The first kappa shape index (κ1) is 14.0. The van der Waals surface area contributed by atoms with Gasteiger partial charge in [-0.25, -0.2) is 4.39 Å². The van der Waals surface area contributed by atoms with Crippen LogP contribution in [0.4, 0.5) is 4.39 Å². The summed E-state index contributed by atoms with van der Waals surface area (Å²) in [6, 6.07) is 6.67. The van der Waals surface area contributed by atoms with Crippen molar-refractivity contribution in [3.8, 4) is 0 Å². The Morgan fingerprint density at radius 3 is 2.95 bits per heavy atom. The van der Waals surface area contributed by atoms with Gasteiger partial charge in [-0.15, -0.1) is 0 Å². The van der Waals surface area contributed by atoms with E-state index < -0.39 is 0 Å². The number of likely N-dealkylation sites (tertiary alicyclic amines) is 1. The molecule has 20 heavy (non-hydrogen) atoms. The van der Waals surface area contributed by atoms with Crippen molar-refractivity contribution in [3.05, 3.63) is 35.1 Å². The summed E-state index contributed by atoms with van der Waals surface area (Å²) in [5.41, 5.74) is 2.00. The van der Waals surface area contributed by atoms with E-state index in [0.717, 1.165) is 30.8 Å². The smallest absolute Gasteiger partial charge is 0.127 e. The van der Waals surface area contributed by atoms with Gasteiger partial charge in [0.2, 0.25) is 0 Å². The third-order valence-electron chi connectivity index (χ3n) is 4.80. The molecule has 2 aliphatic rings. The first-order valence-electron chi connectivity index (χ1n) is 7.96. The molecule has 0 aliphatic carbocycles. The van der Waals surface area contributed by atoms with Gasteiger partial charge in [-0.1, -0.05) is 24.1 Å². The van der Waals surface area contributed by atoms with Gasteiger partial charge in [0.05, 0.1) is 0 Å². The highest BCUT2D eigenvalue weighted by Crippen LogP contribution is 2.26. The van der Waals surface area contributed by atoms with Gasteiger partial charge in [-0.2, -0.15) is 0 Å². The second-order valence-corrected chi connectivity index (χ2v) is 6.33. The Kier molecular flexibility index (Phi) is 4.37. The highest BCUT2D eigenvalue weighted by molar-refractivity contribution is 5.24. The van der Waals surface area contributed by atoms with E-state index in [4.69, 9.17) is 0 Å². The van der Waals surface area contributed by atoms with Crippen LogP contribution >= 0.6 is 0 Å². The Balaban J connectivity index is 1.74. The normalized spacial score (nSPS) is 27.9. The lowest BCUT2D eigenvalue weighted by atomic mass is 9.94.